The molecule has 3 aromatic carbocycles. The second-order valence-corrected chi connectivity index (χ2v) is 13.5. The topological polar surface area (TPSA) is 112 Å². The van der Waals surface area contributed by atoms with Gasteiger partial charge in [-0.2, -0.15) is 0 Å². The molecule has 0 bridgehead atoms. The number of carbonyl (C=O) groups excluding carboxylic acids is 1. The molecule has 9 nitrogen and oxygen atoms in total. The fourth-order valence-corrected chi connectivity index (χ4v) is 7.36. The van der Waals surface area contributed by atoms with E-state index in [4.69, 9.17) is 14.6 Å². The van der Waals surface area contributed by atoms with Crippen LogP contribution >= 0.6 is 0 Å². The summed E-state index contributed by atoms with van der Waals surface area (Å²) in [6, 6.07) is 24.9. The molecule has 3 fully saturated rings. The fraction of sp³-hybridized carbons (Fsp3) is 0.487. The van der Waals surface area contributed by atoms with E-state index in [2.05, 4.69) is 51.5 Å². The first-order valence-electron chi connectivity index (χ1n) is 17.6. The van der Waals surface area contributed by atoms with Gasteiger partial charge in [-0.1, -0.05) is 72.8 Å². The Labute approximate surface area is 283 Å². The number of hydrogen-bond donors (Lipinski definition) is 3. The molecule has 256 valence electrons. The Morgan fingerprint density at radius 2 is 1.58 bits per heavy atom. The van der Waals surface area contributed by atoms with Crippen LogP contribution in [0.4, 0.5) is 0 Å². The Balaban J connectivity index is 1.15. The van der Waals surface area contributed by atoms with Crippen molar-refractivity contribution in [3.63, 3.8) is 0 Å². The predicted molar refractivity (Wildman–Crippen MR) is 184 cm³/mol. The Kier molecular flexibility index (Phi) is 11.9. The van der Waals surface area contributed by atoms with Crippen LogP contribution in [-0.2, 0) is 32.2 Å². The number of likely N-dealkylation sites (tertiary alicyclic amines) is 2. The van der Waals surface area contributed by atoms with E-state index in [-0.39, 0.29) is 37.6 Å². The SMILES string of the molecule is O=C(O)CCCC(=O)NCc1ccccc1-c1ccc(C2OC(CN3CCCC3CN3CCCC3)CC(c3ccc(CO)cc3)O2)cc1. The van der Waals surface area contributed by atoms with Crippen LogP contribution in [0.5, 0.6) is 0 Å². The summed E-state index contributed by atoms with van der Waals surface area (Å²) in [4.78, 5) is 28.4. The number of aliphatic hydroxyl groups excluding tert-OH is 1. The average molecular weight is 656 g/mol. The molecule has 1 amide bonds. The zero-order valence-electron chi connectivity index (χ0n) is 27.8. The van der Waals surface area contributed by atoms with Crippen LogP contribution in [0.2, 0.25) is 0 Å². The summed E-state index contributed by atoms with van der Waals surface area (Å²) in [5.74, 6) is -1.05. The van der Waals surface area contributed by atoms with Gasteiger partial charge in [0.15, 0.2) is 6.29 Å². The molecule has 4 unspecified atom stereocenters. The Morgan fingerprint density at radius 1 is 0.833 bits per heavy atom. The number of carbonyl (C=O) groups is 2. The van der Waals surface area contributed by atoms with Gasteiger partial charge < -0.3 is 29.9 Å². The molecule has 3 aromatic rings. The van der Waals surface area contributed by atoms with Gasteiger partial charge in [0.2, 0.25) is 5.91 Å². The summed E-state index contributed by atoms with van der Waals surface area (Å²) in [6.07, 6.45) is 5.75. The van der Waals surface area contributed by atoms with Crippen LogP contribution in [0.25, 0.3) is 11.1 Å². The maximum absolute atomic E-state index is 12.3. The summed E-state index contributed by atoms with van der Waals surface area (Å²) < 4.78 is 13.4. The van der Waals surface area contributed by atoms with Gasteiger partial charge in [-0.3, -0.25) is 14.5 Å². The van der Waals surface area contributed by atoms with Crippen molar-refractivity contribution in [1.82, 2.24) is 15.1 Å². The first-order valence-corrected chi connectivity index (χ1v) is 17.6. The number of nitrogens with zero attached hydrogens (tertiary/aromatic N) is 2. The number of aliphatic carboxylic acids is 1. The minimum atomic E-state index is -0.892. The normalized spacial score (nSPS) is 23.4. The van der Waals surface area contributed by atoms with E-state index in [1.165, 1.54) is 38.8 Å². The van der Waals surface area contributed by atoms with E-state index in [0.717, 1.165) is 59.4 Å². The molecule has 0 aromatic heterocycles. The highest BCUT2D eigenvalue weighted by atomic mass is 16.7. The summed E-state index contributed by atoms with van der Waals surface area (Å²) in [7, 11) is 0. The zero-order valence-corrected chi connectivity index (χ0v) is 27.8. The van der Waals surface area contributed by atoms with E-state index < -0.39 is 12.3 Å². The summed E-state index contributed by atoms with van der Waals surface area (Å²) in [5.41, 5.74) is 5.98. The second kappa shape index (κ2) is 16.7. The quantitative estimate of drug-likeness (QED) is 0.199. The number of benzene rings is 3. The molecule has 48 heavy (non-hydrogen) atoms. The number of carboxylic acids is 1. The maximum atomic E-state index is 12.3. The van der Waals surface area contributed by atoms with E-state index in [0.29, 0.717) is 19.0 Å². The molecule has 0 radical (unpaired) electrons. The molecule has 3 saturated heterocycles. The zero-order chi connectivity index (χ0) is 33.3. The number of ether oxygens (including phenoxy) is 2. The van der Waals surface area contributed by atoms with Crippen LogP contribution in [-0.4, -0.2) is 76.8 Å². The number of amides is 1. The van der Waals surface area contributed by atoms with Crippen LogP contribution in [0, 0.1) is 0 Å². The van der Waals surface area contributed by atoms with Crippen LogP contribution in [0.3, 0.4) is 0 Å². The molecule has 0 spiro atoms. The van der Waals surface area contributed by atoms with Gasteiger partial charge in [0, 0.05) is 50.5 Å². The maximum Gasteiger partial charge on any atom is 0.303 e. The lowest BCUT2D eigenvalue weighted by atomic mass is 9.97. The van der Waals surface area contributed by atoms with Crippen molar-refractivity contribution in [1.29, 1.82) is 0 Å². The van der Waals surface area contributed by atoms with Gasteiger partial charge in [0.25, 0.3) is 0 Å². The fourth-order valence-electron chi connectivity index (χ4n) is 7.36. The van der Waals surface area contributed by atoms with E-state index >= 15 is 0 Å². The van der Waals surface area contributed by atoms with Crippen LogP contribution < -0.4 is 5.32 Å². The van der Waals surface area contributed by atoms with Crippen molar-refractivity contribution in [2.75, 3.05) is 32.7 Å². The number of nitrogens with one attached hydrogen (secondary N) is 1. The molecule has 6 rings (SSSR count). The Morgan fingerprint density at radius 3 is 2.33 bits per heavy atom. The largest absolute Gasteiger partial charge is 0.481 e. The average Bonchev–Trinajstić information content (AvgIpc) is 3.80. The monoisotopic (exact) mass is 655 g/mol. The molecule has 9 heteroatoms. The van der Waals surface area contributed by atoms with E-state index in [9.17, 15) is 14.7 Å². The molecule has 3 aliphatic heterocycles. The van der Waals surface area contributed by atoms with Crippen molar-refractivity contribution in [3.8, 4) is 11.1 Å². The van der Waals surface area contributed by atoms with Gasteiger partial charge in [-0.25, -0.2) is 0 Å². The third kappa shape index (κ3) is 9.09. The number of carboxylic acid groups (broad SMARTS) is 1. The van der Waals surface area contributed by atoms with Gasteiger partial charge in [-0.05, 0) is 79.6 Å². The molecular weight excluding hydrogens is 606 g/mol. The smallest absolute Gasteiger partial charge is 0.303 e. The van der Waals surface area contributed by atoms with Gasteiger partial charge in [0.05, 0.1) is 18.8 Å². The van der Waals surface area contributed by atoms with E-state index in [1.807, 2.05) is 36.4 Å². The first-order chi connectivity index (χ1) is 23.4. The standard InChI is InChI=1S/C39H49N3O6/c43-27-28-12-14-30(15-13-28)36-23-34(26-42-22-6-8-33(42)25-41-20-3-4-21-41)47-39(48-36)31-18-16-29(17-19-31)35-9-2-1-7-32(35)24-40-37(44)10-5-11-38(45)46/h1-2,7,9,12-19,33-34,36,39,43H,3-6,8,10-11,20-27H2,(H,40,44)(H,45,46). The number of rotatable bonds is 14. The summed E-state index contributed by atoms with van der Waals surface area (Å²) >= 11 is 0. The predicted octanol–water partition coefficient (Wildman–Crippen LogP) is 5.82. The highest BCUT2D eigenvalue weighted by Crippen LogP contribution is 2.39. The highest BCUT2D eigenvalue weighted by molar-refractivity contribution is 5.77. The molecule has 0 saturated carbocycles. The highest BCUT2D eigenvalue weighted by Gasteiger charge is 2.36. The molecule has 3 aliphatic rings. The molecular formula is C39H49N3O6. The number of hydrogen-bond acceptors (Lipinski definition) is 7. The van der Waals surface area contributed by atoms with Crippen molar-refractivity contribution in [3.05, 3.63) is 95.1 Å². The minimum Gasteiger partial charge on any atom is -0.481 e. The van der Waals surface area contributed by atoms with E-state index in [1.54, 1.807) is 0 Å². The molecule has 4 atom stereocenters. The van der Waals surface area contributed by atoms with Crippen molar-refractivity contribution in [2.45, 2.75) is 89.1 Å². The summed E-state index contributed by atoms with van der Waals surface area (Å²) in [5, 5.41) is 21.4. The van der Waals surface area contributed by atoms with Gasteiger partial charge in [-0.15, -0.1) is 0 Å². The molecule has 3 heterocycles. The lowest BCUT2D eigenvalue weighted by molar-refractivity contribution is -0.253. The summed E-state index contributed by atoms with van der Waals surface area (Å²) in [6.45, 7) is 5.96. The Bertz CT molecular complexity index is 1490. The molecule has 3 N–H and O–H groups in total. The molecule has 0 aliphatic carbocycles. The third-order valence-corrected chi connectivity index (χ3v) is 10.0. The second-order valence-electron chi connectivity index (χ2n) is 13.5. The lowest BCUT2D eigenvalue weighted by Crippen LogP contribution is -2.45. The van der Waals surface area contributed by atoms with Crippen LogP contribution in [0.1, 0.15) is 86.0 Å². The van der Waals surface area contributed by atoms with Crippen molar-refractivity contribution >= 4 is 11.9 Å². The third-order valence-electron chi connectivity index (χ3n) is 10.0. The lowest BCUT2D eigenvalue weighted by Gasteiger charge is -2.39. The Hall–Kier alpha value is -3.60. The van der Waals surface area contributed by atoms with Crippen molar-refractivity contribution in [2.24, 2.45) is 0 Å². The first kappa shape index (κ1) is 34.3. The number of aliphatic hydroxyl groups is 1. The van der Waals surface area contributed by atoms with Gasteiger partial charge in [0.1, 0.15) is 0 Å². The van der Waals surface area contributed by atoms with Crippen molar-refractivity contribution < 1.29 is 29.3 Å². The van der Waals surface area contributed by atoms with Gasteiger partial charge >= 0.3 is 5.97 Å². The minimum absolute atomic E-state index is 0.0141. The van der Waals surface area contributed by atoms with Crippen LogP contribution in [0.15, 0.2) is 72.8 Å².